The Labute approximate surface area is 243 Å². The highest BCUT2D eigenvalue weighted by Crippen LogP contribution is 2.33. The maximum absolute atomic E-state index is 13.0. The molecule has 7 nitrogen and oxygen atoms in total. The lowest BCUT2D eigenvalue weighted by Crippen LogP contribution is -2.32. The first-order chi connectivity index (χ1) is 18.9. The fourth-order valence-corrected chi connectivity index (χ4v) is 6.62. The second kappa shape index (κ2) is 13.0. The molecule has 0 aliphatic carbocycles. The van der Waals surface area contributed by atoms with E-state index in [4.69, 9.17) is 14.2 Å². The molecular weight excluding hydrogens is 548 g/mol. The monoisotopic (exact) mass is 584 g/mol. The molecule has 0 saturated heterocycles. The third kappa shape index (κ3) is 6.57. The minimum Gasteiger partial charge on any atom is -0.494 e. The standard InChI is InChI=1S/C31H36N2O5S.ClH/c1-32-21-24(28-7-4-5-8-29(28)32)14-18-39(34,35)27-11-9-26(10-12-27)38-17-6-15-33-16-13-23-19-30(36-2)31(37-3)20-25(23)22-33;/h4-5,7-12,19-21H,6,13-18,22H2,1-3H3;1H. The minimum atomic E-state index is -3.40. The van der Waals surface area contributed by atoms with Crippen LogP contribution in [0.2, 0.25) is 0 Å². The Kier molecular flexibility index (Phi) is 9.66. The van der Waals surface area contributed by atoms with E-state index in [2.05, 4.69) is 17.0 Å². The number of sulfone groups is 1. The summed E-state index contributed by atoms with van der Waals surface area (Å²) < 4.78 is 44.8. The predicted molar refractivity (Wildman–Crippen MR) is 161 cm³/mol. The lowest BCUT2D eigenvalue weighted by Gasteiger charge is -2.29. The summed E-state index contributed by atoms with van der Waals surface area (Å²) in [5.74, 6) is 2.30. The number of aromatic nitrogens is 1. The SMILES string of the molecule is COc1cc2c(cc1OC)CN(CCCOc1ccc(S(=O)(=O)CCc3cn(C)c4ccccc34)cc1)CC2.Cl. The minimum absolute atomic E-state index is 0. The van der Waals surface area contributed by atoms with E-state index >= 15 is 0 Å². The van der Waals surface area contributed by atoms with Crippen molar-refractivity contribution in [3.8, 4) is 17.2 Å². The summed E-state index contributed by atoms with van der Waals surface area (Å²) in [5, 5.41) is 1.10. The van der Waals surface area contributed by atoms with Crippen LogP contribution in [0.25, 0.3) is 10.9 Å². The van der Waals surface area contributed by atoms with Gasteiger partial charge >= 0.3 is 0 Å². The quantitative estimate of drug-likeness (QED) is 0.218. The largest absolute Gasteiger partial charge is 0.494 e. The zero-order chi connectivity index (χ0) is 27.4. The first-order valence-corrected chi connectivity index (χ1v) is 15.0. The molecule has 9 heteroatoms. The Morgan fingerprint density at radius 2 is 1.62 bits per heavy atom. The fourth-order valence-electron chi connectivity index (χ4n) is 5.34. The van der Waals surface area contributed by atoms with Gasteiger partial charge in [-0.05, 0) is 78.4 Å². The molecule has 0 atom stereocenters. The van der Waals surface area contributed by atoms with E-state index in [1.54, 1.807) is 38.5 Å². The molecule has 0 N–H and O–H groups in total. The lowest BCUT2D eigenvalue weighted by atomic mass is 9.98. The summed E-state index contributed by atoms with van der Waals surface area (Å²) in [4.78, 5) is 2.75. The first-order valence-electron chi connectivity index (χ1n) is 13.3. The van der Waals surface area contributed by atoms with Gasteiger partial charge in [0.15, 0.2) is 21.3 Å². The van der Waals surface area contributed by atoms with Gasteiger partial charge in [-0.1, -0.05) is 18.2 Å². The Bertz CT molecular complexity index is 1550. The van der Waals surface area contributed by atoms with Gasteiger partial charge < -0.3 is 18.8 Å². The number of benzene rings is 3. The highest BCUT2D eigenvalue weighted by molar-refractivity contribution is 7.91. The van der Waals surface area contributed by atoms with Crippen LogP contribution in [0.15, 0.2) is 71.8 Å². The molecule has 3 aromatic carbocycles. The Morgan fingerprint density at radius 3 is 2.35 bits per heavy atom. The molecule has 1 aromatic heterocycles. The van der Waals surface area contributed by atoms with E-state index in [1.807, 2.05) is 42.1 Å². The summed E-state index contributed by atoms with van der Waals surface area (Å²) in [5.41, 5.74) is 4.74. The highest BCUT2D eigenvalue weighted by atomic mass is 35.5. The lowest BCUT2D eigenvalue weighted by molar-refractivity contribution is 0.220. The van der Waals surface area contributed by atoms with Crippen LogP contribution in [-0.4, -0.2) is 57.6 Å². The third-order valence-corrected chi connectivity index (χ3v) is 9.22. The molecular formula is C31H37ClN2O5S. The van der Waals surface area contributed by atoms with Crippen LogP contribution in [0.4, 0.5) is 0 Å². The van der Waals surface area contributed by atoms with Crippen molar-refractivity contribution in [2.24, 2.45) is 7.05 Å². The third-order valence-electron chi connectivity index (χ3n) is 7.49. The summed E-state index contributed by atoms with van der Waals surface area (Å²) in [6, 6.07) is 19.0. The second-order valence-corrected chi connectivity index (χ2v) is 12.1. The normalized spacial score (nSPS) is 13.5. The van der Waals surface area contributed by atoms with Gasteiger partial charge in [0.05, 0.1) is 31.5 Å². The molecule has 0 radical (unpaired) electrons. The van der Waals surface area contributed by atoms with Crippen LogP contribution in [-0.2, 0) is 36.3 Å². The highest BCUT2D eigenvalue weighted by Gasteiger charge is 2.20. The van der Waals surface area contributed by atoms with Gasteiger partial charge in [0.25, 0.3) is 0 Å². The molecule has 4 aromatic rings. The van der Waals surface area contributed by atoms with Crippen LogP contribution >= 0.6 is 12.4 Å². The van der Waals surface area contributed by atoms with E-state index in [0.29, 0.717) is 23.7 Å². The van der Waals surface area contributed by atoms with Gasteiger partial charge in [0.2, 0.25) is 0 Å². The average molecular weight is 585 g/mol. The Morgan fingerprint density at radius 1 is 0.925 bits per heavy atom. The number of hydrogen-bond acceptors (Lipinski definition) is 6. The molecule has 1 aliphatic heterocycles. The summed E-state index contributed by atoms with van der Waals surface area (Å²) >= 11 is 0. The molecule has 5 rings (SSSR count). The number of rotatable bonds is 11. The fraction of sp³-hybridized carbons (Fsp3) is 0.355. The zero-order valence-electron chi connectivity index (χ0n) is 23.3. The van der Waals surface area contributed by atoms with E-state index < -0.39 is 9.84 Å². The Hall–Kier alpha value is -3.20. The van der Waals surface area contributed by atoms with Crippen molar-refractivity contribution in [1.82, 2.24) is 9.47 Å². The van der Waals surface area contributed by atoms with Gasteiger partial charge in [-0.3, -0.25) is 4.90 Å². The van der Waals surface area contributed by atoms with Crippen molar-refractivity contribution < 1.29 is 22.6 Å². The van der Waals surface area contributed by atoms with Crippen molar-refractivity contribution in [3.05, 3.63) is 83.6 Å². The summed E-state index contributed by atoms with van der Waals surface area (Å²) in [6.45, 7) is 3.37. The van der Waals surface area contributed by atoms with Gasteiger partial charge in [0, 0.05) is 43.8 Å². The Balaban J connectivity index is 0.00000370. The van der Waals surface area contributed by atoms with Gasteiger partial charge in [0.1, 0.15) is 5.75 Å². The molecule has 0 unspecified atom stereocenters. The molecule has 40 heavy (non-hydrogen) atoms. The maximum Gasteiger partial charge on any atom is 0.178 e. The van der Waals surface area contributed by atoms with Crippen molar-refractivity contribution in [1.29, 1.82) is 0 Å². The predicted octanol–water partition coefficient (Wildman–Crippen LogP) is 5.46. The van der Waals surface area contributed by atoms with Crippen molar-refractivity contribution in [3.63, 3.8) is 0 Å². The number of halogens is 1. The number of para-hydroxylation sites is 1. The number of ether oxygens (including phenoxy) is 3. The van der Waals surface area contributed by atoms with E-state index in [9.17, 15) is 8.42 Å². The van der Waals surface area contributed by atoms with Crippen molar-refractivity contribution >= 4 is 33.1 Å². The number of methoxy groups -OCH3 is 2. The first kappa shape index (κ1) is 29.8. The molecule has 214 valence electrons. The van der Waals surface area contributed by atoms with Crippen LogP contribution < -0.4 is 14.2 Å². The second-order valence-electron chi connectivity index (χ2n) is 10.0. The zero-order valence-corrected chi connectivity index (χ0v) is 24.9. The smallest absolute Gasteiger partial charge is 0.178 e. The van der Waals surface area contributed by atoms with Crippen LogP contribution in [0, 0.1) is 0 Å². The number of aryl methyl sites for hydroxylation is 2. The molecule has 0 fully saturated rings. The van der Waals surface area contributed by atoms with Crippen LogP contribution in [0.3, 0.4) is 0 Å². The van der Waals surface area contributed by atoms with Gasteiger partial charge in [-0.25, -0.2) is 8.42 Å². The summed E-state index contributed by atoms with van der Waals surface area (Å²) in [7, 11) is 1.92. The van der Waals surface area contributed by atoms with Gasteiger partial charge in [-0.15, -0.1) is 12.4 Å². The number of nitrogens with zero attached hydrogens (tertiary/aromatic N) is 2. The molecule has 0 saturated carbocycles. The van der Waals surface area contributed by atoms with E-state index in [1.165, 1.54) is 11.1 Å². The molecule has 0 spiro atoms. The summed E-state index contributed by atoms with van der Waals surface area (Å²) in [6.07, 6.45) is 4.36. The van der Waals surface area contributed by atoms with E-state index in [0.717, 1.165) is 60.4 Å². The molecule has 2 heterocycles. The van der Waals surface area contributed by atoms with Crippen molar-refractivity contribution in [2.45, 2.75) is 30.7 Å². The maximum atomic E-state index is 13.0. The van der Waals surface area contributed by atoms with Crippen LogP contribution in [0.1, 0.15) is 23.1 Å². The topological polar surface area (TPSA) is 70.0 Å². The van der Waals surface area contributed by atoms with E-state index in [-0.39, 0.29) is 18.2 Å². The number of fused-ring (bicyclic) bond motifs is 2. The molecule has 1 aliphatic rings. The molecule has 0 amide bonds. The molecule has 0 bridgehead atoms. The average Bonchev–Trinajstić information content (AvgIpc) is 3.29. The number of hydrogen-bond donors (Lipinski definition) is 0. The van der Waals surface area contributed by atoms with Gasteiger partial charge in [-0.2, -0.15) is 0 Å². The van der Waals surface area contributed by atoms with Crippen molar-refractivity contribution in [2.75, 3.05) is 39.7 Å². The van der Waals surface area contributed by atoms with Crippen LogP contribution in [0.5, 0.6) is 17.2 Å².